The maximum absolute atomic E-state index is 10.9. The van der Waals surface area contributed by atoms with Crippen LogP contribution in [0, 0.1) is 15.5 Å². The molecule has 17 heavy (non-hydrogen) atoms. The number of ether oxygens (including phenoxy) is 1. The van der Waals surface area contributed by atoms with Crippen molar-refractivity contribution in [1.29, 1.82) is 0 Å². The van der Waals surface area contributed by atoms with Gasteiger partial charge in [-0.2, -0.15) is 12.6 Å². The van der Waals surface area contributed by atoms with Gasteiger partial charge in [-0.25, -0.2) is 0 Å². The van der Waals surface area contributed by atoms with E-state index in [9.17, 15) is 10.1 Å². The molecule has 0 aromatic heterocycles. The average Bonchev–Trinajstić information content (AvgIpc) is 2.27. The minimum Gasteiger partial charge on any atom is -0.485 e. The fourth-order valence-electron chi connectivity index (χ4n) is 1.10. The van der Waals surface area contributed by atoms with Crippen molar-refractivity contribution in [3.8, 4) is 5.75 Å². The van der Waals surface area contributed by atoms with E-state index < -0.39 is 4.92 Å². The molecule has 0 aliphatic rings. The number of hydrogen-bond donors (Lipinski definition) is 1. The maximum atomic E-state index is 10.9. The fourth-order valence-corrected chi connectivity index (χ4v) is 1.66. The smallest absolute Gasteiger partial charge is 0.312 e. The fraction of sp³-hybridized carbons (Fsp3) is 0.455. The Bertz CT molecular complexity index is 423. The Balaban J connectivity index is 2.94. The summed E-state index contributed by atoms with van der Waals surface area (Å²) in [7, 11) is 0. The first-order valence-electron chi connectivity index (χ1n) is 5.04. The molecule has 1 rings (SSSR count). The monoisotopic (exact) mass is 319 g/mol. The number of hydrogen-bond acceptors (Lipinski definition) is 4. The second-order valence-corrected chi connectivity index (χ2v) is 5.63. The van der Waals surface area contributed by atoms with Crippen molar-refractivity contribution >= 4 is 34.2 Å². The molecule has 0 amide bonds. The lowest BCUT2D eigenvalue weighted by Gasteiger charge is -2.22. The molecule has 0 aliphatic carbocycles. The van der Waals surface area contributed by atoms with Gasteiger partial charge in [0.25, 0.3) is 0 Å². The highest BCUT2D eigenvalue weighted by atomic mass is 79.9. The maximum Gasteiger partial charge on any atom is 0.312 e. The highest BCUT2D eigenvalue weighted by molar-refractivity contribution is 9.10. The lowest BCUT2D eigenvalue weighted by atomic mass is 9.98. The molecule has 0 radical (unpaired) electrons. The van der Waals surface area contributed by atoms with Crippen LogP contribution in [0.1, 0.15) is 13.8 Å². The van der Waals surface area contributed by atoms with Gasteiger partial charge in [0, 0.05) is 11.5 Å². The minimum atomic E-state index is -0.451. The van der Waals surface area contributed by atoms with Crippen LogP contribution in [0.15, 0.2) is 22.7 Å². The molecule has 0 fully saturated rings. The van der Waals surface area contributed by atoms with Crippen molar-refractivity contribution in [2.75, 3.05) is 12.4 Å². The summed E-state index contributed by atoms with van der Waals surface area (Å²) in [6.45, 7) is 4.35. The van der Waals surface area contributed by atoms with Crippen molar-refractivity contribution in [3.05, 3.63) is 32.8 Å². The van der Waals surface area contributed by atoms with E-state index in [1.54, 1.807) is 12.1 Å². The van der Waals surface area contributed by atoms with E-state index in [2.05, 4.69) is 28.6 Å². The zero-order chi connectivity index (χ0) is 13.1. The van der Waals surface area contributed by atoms with Gasteiger partial charge in [0.2, 0.25) is 5.75 Å². The molecule has 0 bridgehead atoms. The molecule has 0 spiro atoms. The van der Waals surface area contributed by atoms with Gasteiger partial charge in [-0.1, -0.05) is 19.9 Å². The number of benzene rings is 1. The molecule has 1 aromatic carbocycles. The number of halogens is 1. The predicted octanol–water partition coefficient (Wildman–Crippen LogP) is 3.69. The Kier molecular flexibility index (Phi) is 4.82. The summed E-state index contributed by atoms with van der Waals surface area (Å²) >= 11 is 7.47. The lowest BCUT2D eigenvalue weighted by molar-refractivity contribution is -0.386. The van der Waals surface area contributed by atoms with Crippen LogP contribution in [0.4, 0.5) is 5.69 Å². The number of nitro groups is 1. The summed E-state index contributed by atoms with van der Waals surface area (Å²) in [6, 6.07) is 4.75. The Morgan fingerprint density at radius 2 is 2.18 bits per heavy atom. The molecule has 0 aliphatic heterocycles. The predicted molar refractivity (Wildman–Crippen MR) is 73.9 cm³/mol. The standard InChI is InChI=1S/C11H14BrNO3S/c1-11(2,7-17)6-16-10-8(12)4-3-5-9(10)13(14)15/h3-5,17H,6-7H2,1-2H3. The van der Waals surface area contributed by atoms with E-state index in [0.717, 1.165) is 0 Å². The van der Waals surface area contributed by atoms with Crippen LogP contribution < -0.4 is 4.74 Å². The van der Waals surface area contributed by atoms with Crippen LogP contribution in [0.2, 0.25) is 0 Å². The Hall–Kier alpha value is -0.750. The van der Waals surface area contributed by atoms with Gasteiger partial charge in [0.1, 0.15) is 0 Å². The third kappa shape index (κ3) is 3.89. The molecule has 4 nitrogen and oxygen atoms in total. The van der Waals surface area contributed by atoms with Gasteiger partial charge in [0.15, 0.2) is 0 Å². The highest BCUT2D eigenvalue weighted by Gasteiger charge is 2.22. The Morgan fingerprint density at radius 3 is 2.71 bits per heavy atom. The van der Waals surface area contributed by atoms with Crippen LogP contribution in [0.25, 0.3) is 0 Å². The first-order chi connectivity index (χ1) is 7.87. The van der Waals surface area contributed by atoms with E-state index in [0.29, 0.717) is 16.8 Å². The van der Waals surface area contributed by atoms with Gasteiger partial charge >= 0.3 is 5.69 Å². The molecule has 0 saturated heterocycles. The van der Waals surface area contributed by atoms with E-state index in [-0.39, 0.29) is 16.9 Å². The highest BCUT2D eigenvalue weighted by Crippen LogP contribution is 2.35. The topological polar surface area (TPSA) is 52.4 Å². The molecular weight excluding hydrogens is 306 g/mol. The van der Waals surface area contributed by atoms with Crippen LogP contribution >= 0.6 is 28.6 Å². The number of rotatable bonds is 5. The molecule has 94 valence electrons. The van der Waals surface area contributed by atoms with E-state index in [1.807, 2.05) is 13.8 Å². The molecule has 0 unspecified atom stereocenters. The zero-order valence-electron chi connectivity index (χ0n) is 9.64. The third-order valence-electron chi connectivity index (χ3n) is 2.18. The van der Waals surface area contributed by atoms with Crippen LogP contribution in [-0.4, -0.2) is 17.3 Å². The largest absolute Gasteiger partial charge is 0.485 e. The lowest BCUT2D eigenvalue weighted by Crippen LogP contribution is -2.23. The van der Waals surface area contributed by atoms with Gasteiger partial charge in [-0.3, -0.25) is 10.1 Å². The van der Waals surface area contributed by atoms with Crippen LogP contribution in [0.3, 0.4) is 0 Å². The molecule has 0 N–H and O–H groups in total. The van der Waals surface area contributed by atoms with Crippen molar-refractivity contribution in [3.63, 3.8) is 0 Å². The first kappa shape index (κ1) is 14.3. The summed E-state index contributed by atoms with van der Waals surface area (Å²) < 4.78 is 6.13. The molecule has 6 heteroatoms. The van der Waals surface area contributed by atoms with Crippen molar-refractivity contribution < 1.29 is 9.66 Å². The third-order valence-corrected chi connectivity index (χ3v) is 3.66. The molecular formula is C11H14BrNO3S. The molecule has 1 aromatic rings. The molecule has 0 heterocycles. The molecule has 0 atom stereocenters. The van der Waals surface area contributed by atoms with Gasteiger partial charge in [-0.05, 0) is 27.7 Å². The molecule has 0 saturated carbocycles. The van der Waals surface area contributed by atoms with Crippen LogP contribution in [0.5, 0.6) is 5.75 Å². The van der Waals surface area contributed by atoms with Crippen molar-refractivity contribution in [1.82, 2.24) is 0 Å². The number of nitro benzene ring substituents is 1. The Morgan fingerprint density at radius 1 is 1.53 bits per heavy atom. The number of para-hydroxylation sites is 1. The summed E-state index contributed by atoms with van der Waals surface area (Å²) in [6.07, 6.45) is 0. The second-order valence-electron chi connectivity index (χ2n) is 4.46. The van der Waals surface area contributed by atoms with Crippen LogP contribution in [-0.2, 0) is 0 Å². The van der Waals surface area contributed by atoms with Crippen molar-refractivity contribution in [2.24, 2.45) is 5.41 Å². The van der Waals surface area contributed by atoms with E-state index in [1.165, 1.54) is 6.07 Å². The van der Waals surface area contributed by atoms with Gasteiger partial charge in [-0.15, -0.1) is 0 Å². The van der Waals surface area contributed by atoms with Crippen molar-refractivity contribution in [2.45, 2.75) is 13.8 Å². The summed E-state index contributed by atoms with van der Waals surface area (Å²) in [5.74, 6) is 0.915. The minimum absolute atomic E-state index is 0.0330. The van der Waals surface area contributed by atoms with Gasteiger partial charge < -0.3 is 4.74 Å². The zero-order valence-corrected chi connectivity index (χ0v) is 12.1. The summed E-state index contributed by atoms with van der Waals surface area (Å²) in [5.41, 5.74) is -0.166. The summed E-state index contributed by atoms with van der Waals surface area (Å²) in [4.78, 5) is 10.4. The SMILES string of the molecule is CC(C)(CS)COc1c(Br)cccc1[N+](=O)[O-]. The number of nitrogens with zero attached hydrogens (tertiary/aromatic N) is 1. The normalized spacial score (nSPS) is 11.3. The summed E-state index contributed by atoms with van der Waals surface area (Å²) in [5, 5.41) is 10.9. The van der Waals surface area contributed by atoms with Gasteiger partial charge in [0.05, 0.1) is 16.0 Å². The van der Waals surface area contributed by atoms with E-state index in [4.69, 9.17) is 4.74 Å². The number of thiol groups is 1. The first-order valence-corrected chi connectivity index (χ1v) is 6.46. The average molecular weight is 320 g/mol. The van der Waals surface area contributed by atoms with E-state index >= 15 is 0 Å². The Labute approximate surface area is 114 Å². The second kappa shape index (κ2) is 5.73. The quantitative estimate of drug-likeness (QED) is 0.511.